The van der Waals surface area contributed by atoms with E-state index in [1.165, 1.54) is 37.8 Å². The fourth-order valence-corrected chi connectivity index (χ4v) is 2.39. The first-order chi connectivity index (χ1) is 8.66. The van der Waals surface area contributed by atoms with Gasteiger partial charge in [0.25, 0.3) is 0 Å². The molecule has 0 unspecified atom stereocenters. The van der Waals surface area contributed by atoms with Gasteiger partial charge in [-0.15, -0.1) is 0 Å². The number of carboxylic acids is 1. The Morgan fingerprint density at radius 1 is 1.22 bits per heavy atom. The Morgan fingerprint density at radius 3 is 2.50 bits per heavy atom. The maximum atomic E-state index is 13.3. The molecule has 3 nitrogen and oxygen atoms in total. The summed E-state index contributed by atoms with van der Waals surface area (Å²) in [5, 5.41) is 8.89. The minimum Gasteiger partial charge on any atom is -0.478 e. The summed E-state index contributed by atoms with van der Waals surface area (Å²) < 4.78 is 13.3. The van der Waals surface area contributed by atoms with Gasteiger partial charge in [-0.1, -0.05) is 18.9 Å². The van der Waals surface area contributed by atoms with Crippen molar-refractivity contribution in [3.05, 3.63) is 35.1 Å². The Bertz CT molecular complexity index is 426. The maximum absolute atomic E-state index is 13.3. The number of carboxylic acid groups (broad SMARTS) is 1. The van der Waals surface area contributed by atoms with Gasteiger partial charge >= 0.3 is 5.97 Å². The molecule has 0 amide bonds. The lowest BCUT2D eigenvalue weighted by Gasteiger charge is -2.19. The molecule has 4 heteroatoms. The van der Waals surface area contributed by atoms with Gasteiger partial charge in [0.05, 0.1) is 5.56 Å². The standard InChI is InChI=1S/C14H18FNO2/c15-13-6-5-11(9-12(13)14(17)18)10-16-7-3-1-2-4-8-16/h5-6,9H,1-4,7-8,10H2,(H,17,18). The minimum atomic E-state index is -1.20. The highest BCUT2D eigenvalue weighted by Crippen LogP contribution is 2.16. The van der Waals surface area contributed by atoms with Crippen LogP contribution in [0.5, 0.6) is 0 Å². The van der Waals surface area contributed by atoms with Crippen molar-refractivity contribution in [2.75, 3.05) is 13.1 Å². The predicted octanol–water partition coefficient (Wildman–Crippen LogP) is 2.90. The molecule has 0 bridgehead atoms. The van der Waals surface area contributed by atoms with Crippen molar-refractivity contribution in [2.24, 2.45) is 0 Å². The summed E-state index contributed by atoms with van der Waals surface area (Å²) in [6, 6.07) is 4.37. The summed E-state index contributed by atoms with van der Waals surface area (Å²) in [6.45, 7) is 2.79. The molecule has 1 aliphatic heterocycles. The van der Waals surface area contributed by atoms with E-state index in [0.717, 1.165) is 18.7 Å². The van der Waals surface area contributed by atoms with Crippen LogP contribution in [0.1, 0.15) is 41.6 Å². The van der Waals surface area contributed by atoms with Crippen LogP contribution in [0.15, 0.2) is 18.2 Å². The number of likely N-dealkylation sites (tertiary alicyclic amines) is 1. The number of carbonyl (C=O) groups is 1. The molecular weight excluding hydrogens is 233 g/mol. The van der Waals surface area contributed by atoms with Gasteiger partial charge in [-0.3, -0.25) is 4.90 Å². The largest absolute Gasteiger partial charge is 0.478 e. The summed E-state index contributed by atoms with van der Waals surface area (Å²) in [4.78, 5) is 13.2. The number of rotatable bonds is 3. The third-order valence-corrected chi connectivity index (χ3v) is 3.37. The van der Waals surface area contributed by atoms with Gasteiger partial charge in [-0.25, -0.2) is 9.18 Å². The first kappa shape index (κ1) is 13.0. The zero-order chi connectivity index (χ0) is 13.0. The van der Waals surface area contributed by atoms with Crippen LogP contribution in [0, 0.1) is 5.82 Å². The molecule has 0 saturated carbocycles. The van der Waals surface area contributed by atoms with Gasteiger partial charge in [0, 0.05) is 6.54 Å². The second-order valence-electron chi connectivity index (χ2n) is 4.81. The van der Waals surface area contributed by atoms with Crippen LogP contribution in [-0.4, -0.2) is 29.1 Å². The van der Waals surface area contributed by atoms with Crippen LogP contribution in [-0.2, 0) is 6.54 Å². The van der Waals surface area contributed by atoms with Crippen molar-refractivity contribution in [1.29, 1.82) is 0 Å². The molecule has 1 heterocycles. The van der Waals surface area contributed by atoms with E-state index in [1.54, 1.807) is 6.07 Å². The smallest absolute Gasteiger partial charge is 0.338 e. The van der Waals surface area contributed by atoms with Gasteiger partial charge < -0.3 is 5.11 Å². The van der Waals surface area contributed by atoms with Crippen LogP contribution >= 0.6 is 0 Å². The molecule has 1 fully saturated rings. The highest BCUT2D eigenvalue weighted by molar-refractivity contribution is 5.88. The second-order valence-corrected chi connectivity index (χ2v) is 4.81. The normalized spacial score (nSPS) is 17.4. The third-order valence-electron chi connectivity index (χ3n) is 3.37. The summed E-state index contributed by atoms with van der Waals surface area (Å²) >= 11 is 0. The second kappa shape index (κ2) is 5.96. The highest BCUT2D eigenvalue weighted by Gasteiger charge is 2.13. The molecule has 98 valence electrons. The molecule has 0 aromatic heterocycles. The number of aromatic carboxylic acids is 1. The average Bonchev–Trinajstić information content (AvgIpc) is 2.60. The number of hydrogen-bond donors (Lipinski definition) is 1. The number of nitrogens with zero attached hydrogens (tertiary/aromatic N) is 1. The fourth-order valence-electron chi connectivity index (χ4n) is 2.39. The molecule has 1 aromatic carbocycles. The molecule has 2 rings (SSSR count). The van der Waals surface area contributed by atoms with E-state index in [1.807, 2.05) is 0 Å². The van der Waals surface area contributed by atoms with Crippen molar-refractivity contribution in [3.63, 3.8) is 0 Å². The summed E-state index contributed by atoms with van der Waals surface area (Å²) in [5.74, 6) is -1.87. The third kappa shape index (κ3) is 3.29. The Morgan fingerprint density at radius 2 is 1.89 bits per heavy atom. The van der Waals surface area contributed by atoms with Gasteiger partial charge in [-0.05, 0) is 43.6 Å². The Hall–Kier alpha value is -1.42. The molecule has 0 atom stereocenters. The number of halogens is 1. The van der Waals surface area contributed by atoms with Crippen LogP contribution in [0.25, 0.3) is 0 Å². The zero-order valence-electron chi connectivity index (χ0n) is 10.4. The molecule has 0 radical (unpaired) electrons. The molecule has 1 aliphatic rings. The van der Waals surface area contributed by atoms with Gasteiger partial charge in [0.15, 0.2) is 0 Å². The van der Waals surface area contributed by atoms with E-state index < -0.39 is 11.8 Å². The lowest BCUT2D eigenvalue weighted by Crippen LogP contribution is -2.24. The maximum Gasteiger partial charge on any atom is 0.338 e. The highest BCUT2D eigenvalue weighted by atomic mass is 19.1. The quantitative estimate of drug-likeness (QED) is 0.898. The Labute approximate surface area is 106 Å². The van der Waals surface area contributed by atoms with E-state index in [2.05, 4.69) is 4.90 Å². The first-order valence-corrected chi connectivity index (χ1v) is 6.41. The van der Waals surface area contributed by atoms with Crippen molar-refractivity contribution in [1.82, 2.24) is 4.90 Å². The van der Waals surface area contributed by atoms with E-state index >= 15 is 0 Å². The molecule has 0 aliphatic carbocycles. The predicted molar refractivity (Wildman–Crippen MR) is 67.1 cm³/mol. The van der Waals surface area contributed by atoms with Crippen molar-refractivity contribution < 1.29 is 14.3 Å². The lowest BCUT2D eigenvalue weighted by atomic mass is 10.1. The molecular formula is C14H18FNO2. The average molecular weight is 251 g/mol. The van der Waals surface area contributed by atoms with E-state index in [4.69, 9.17) is 5.11 Å². The first-order valence-electron chi connectivity index (χ1n) is 6.41. The summed E-state index contributed by atoms with van der Waals surface area (Å²) in [7, 11) is 0. The van der Waals surface area contributed by atoms with Crippen molar-refractivity contribution in [3.8, 4) is 0 Å². The van der Waals surface area contributed by atoms with Crippen LogP contribution in [0.2, 0.25) is 0 Å². The van der Waals surface area contributed by atoms with E-state index in [9.17, 15) is 9.18 Å². The van der Waals surface area contributed by atoms with Gasteiger partial charge in [0.2, 0.25) is 0 Å². The minimum absolute atomic E-state index is 0.234. The zero-order valence-corrected chi connectivity index (χ0v) is 10.4. The van der Waals surface area contributed by atoms with E-state index in [0.29, 0.717) is 6.54 Å². The number of benzene rings is 1. The van der Waals surface area contributed by atoms with Crippen molar-refractivity contribution in [2.45, 2.75) is 32.2 Å². The Balaban J connectivity index is 2.08. The lowest BCUT2D eigenvalue weighted by molar-refractivity contribution is 0.0691. The summed E-state index contributed by atoms with van der Waals surface area (Å²) in [6.07, 6.45) is 4.90. The monoisotopic (exact) mass is 251 g/mol. The summed E-state index contributed by atoms with van der Waals surface area (Å²) in [5.41, 5.74) is 0.637. The molecule has 1 N–H and O–H groups in total. The van der Waals surface area contributed by atoms with Crippen LogP contribution in [0.4, 0.5) is 4.39 Å². The Kier molecular flexibility index (Phi) is 4.31. The molecule has 1 aromatic rings. The van der Waals surface area contributed by atoms with Crippen LogP contribution < -0.4 is 0 Å². The van der Waals surface area contributed by atoms with Crippen LogP contribution in [0.3, 0.4) is 0 Å². The molecule has 1 saturated heterocycles. The van der Waals surface area contributed by atoms with E-state index in [-0.39, 0.29) is 5.56 Å². The number of hydrogen-bond acceptors (Lipinski definition) is 2. The molecule has 18 heavy (non-hydrogen) atoms. The topological polar surface area (TPSA) is 40.5 Å². The van der Waals surface area contributed by atoms with Crippen molar-refractivity contribution >= 4 is 5.97 Å². The molecule has 0 spiro atoms. The SMILES string of the molecule is O=C(O)c1cc(CN2CCCCCC2)ccc1F. The van der Waals surface area contributed by atoms with Gasteiger partial charge in [-0.2, -0.15) is 0 Å². The van der Waals surface area contributed by atoms with Gasteiger partial charge in [0.1, 0.15) is 5.82 Å². The fraction of sp³-hybridized carbons (Fsp3) is 0.500.